The molecule has 0 aliphatic heterocycles. The molecule has 3 aromatic rings. The number of hydrogen-bond donors (Lipinski definition) is 0. The van der Waals surface area contributed by atoms with E-state index in [1.54, 1.807) is 18.1 Å². The maximum Gasteiger partial charge on any atom is 0.167 e. The summed E-state index contributed by atoms with van der Waals surface area (Å²) in [4.78, 5) is 8.71. The molecule has 0 unspecified atom stereocenters. The topological polar surface area (TPSA) is 43.6 Å². The van der Waals surface area contributed by atoms with Gasteiger partial charge in [0.1, 0.15) is 11.4 Å². The molecule has 100 valence electrons. The van der Waals surface area contributed by atoms with Gasteiger partial charge < -0.3 is 0 Å². The number of thioether (sulfide) groups is 1. The zero-order valence-electron chi connectivity index (χ0n) is 11.1. The summed E-state index contributed by atoms with van der Waals surface area (Å²) >= 11 is 1.69. The van der Waals surface area contributed by atoms with Crippen molar-refractivity contribution >= 4 is 22.8 Å². The van der Waals surface area contributed by atoms with Crippen molar-refractivity contribution in [2.24, 2.45) is 0 Å². The van der Waals surface area contributed by atoms with Crippen LogP contribution in [0.5, 0.6) is 0 Å². The number of para-hydroxylation sites is 1. The molecule has 0 radical (unpaired) electrons. The van der Waals surface area contributed by atoms with E-state index in [1.807, 2.05) is 54.2 Å². The largest absolute Gasteiger partial charge is 0.229 e. The lowest BCUT2D eigenvalue weighted by Crippen LogP contribution is -1.97. The fourth-order valence-electron chi connectivity index (χ4n) is 1.92. The Morgan fingerprint density at radius 3 is 2.85 bits per heavy atom. The molecule has 0 N–H and O–H groups in total. The minimum Gasteiger partial charge on any atom is -0.229 e. The van der Waals surface area contributed by atoms with E-state index in [-0.39, 0.29) is 0 Å². The normalized spacial score (nSPS) is 11.4. The Morgan fingerprint density at radius 1 is 1.20 bits per heavy atom. The van der Waals surface area contributed by atoms with Gasteiger partial charge in [0, 0.05) is 5.75 Å². The van der Waals surface area contributed by atoms with Gasteiger partial charge in [0.05, 0.1) is 17.3 Å². The highest BCUT2D eigenvalue weighted by Crippen LogP contribution is 2.25. The van der Waals surface area contributed by atoms with Gasteiger partial charge in [-0.2, -0.15) is 5.10 Å². The average Bonchev–Trinajstić information content (AvgIpc) is 2.93. The predicted octanol–water partition coefficient (Wildman–Crippen LogP) is 3.48. The second-order valence-electron chi connectivity index (χ2n) is 4.19. The Balaban J connectivity index is 2.03. The second-order valence-corrected chi connectivity index (χ2v) is 5.20. The van der Waals surface area contributed by atoms with Gasteiger partial charge in [-0.25, -0.2) is 14.6 Å². The van der Waals surface area contributed by atoms with Crippen LogP contribution in [0, 0.1) is 0 Å². The minimum atomic E-state index is 0.842. The van der Waals surface area contributed by atoms with Crippen LogP contribution in [0.1, 0.15) is 6.92 Å². The van der Waals surface area contributed by atoms with Gasteiger partial charge >= 0.3 is 0 Å². The third-order valence-electron chi connectivity index (χ3n) is 2.88. The van der Waals surface area contributed by atoms with E-state index in [0.29, 0.717) is 0 Å². The zero-order valence-corrected chi connectivity index (χ0v) is 11.9. The molecule has 5 heteroatoms. The number of hydrogen-bond acceptors (Lipinski definition) is 4. The molecule has 0 bridgehead atoms. The number of benzene rings is 1. The Kier molecular flexibility index (Phi) is 3.78. The molecule has 0 atom stereocenters. The molecule has 1 aromatic carbocycles. The quantitative estimate of drug-likeness (QED) is 0.417. The molecule has 0 spiro atoms. The van der Waals surface area contributed by atoms with Crippen molar-refractivity contribution in [2.45, 2.75) is 11.9 Å². The summed E-state index contributed by atoms with van der Waals surface area (Å²) < 4.78 is 1.84. The fourth-order valence-corrected chi connectivity index (χ4v) is 2.79. The number of nitrogens with zero attached hydrogens (tertiary/aromatic N) is 4. The molecule has 0 saturated carbocycles. The van der Waals surface area contributed by atoms with Crippen molar-refractivity contribution in [1.29, 1.82) is 0 Å². The van der Waals surface area contributed by atoms with Crippen LogP contribution in [0.2, 0.25) is 0 Å². The van der Waals surface area contributed by atoms with Crippen LogP contribution in [0.4, 0.5) is 0 Å². The highest BCUT2D eigenvalue weighted by atomic mass is 32.2. The predicted molar refractivity (Wildman–Crippen MR) is 82.2 cm³/mol. The molecule has 2 aromatic heterocycles. The van der Waals surface area contributed by atoms with Crippen molar-refractivity contribution in [3.8, 4) is 5.69 Å². The molecule has 4 nitrogen and oxygen atoms in total. The first-order valence-corrected chi connectivity index (χ1v) is 7.37. The maximum atomic E-state index is 4.44. The van der Waals surface area contributed by atoms with E-state index in [1.165, 1.54) is 0 Å². The molecule has 0 aliphatic carbocycles. The second kappa shape index (κ2) is 5.88. The van der Waals surface area contributed by atoms with Crippen LogP contribution < -0.4 is 0 Å². The van der Waals surface area contributed by atoms with Gasteiger partial charge in [-0.1, -0.05) is 30.4 Å². The lowest BCUT2D eigenvalue weighted by Gasteiger charge is -2.03. The fraction of sp³-hybridized carbons (Fsp3) is 0.133. The summed E-state index contributed by atoms with van der Waals surface area (Å²) in [6, 6.07) is 10.0. The number of rotatable bonds is 4. The smallest absolute Gasteiger partial charge is 0.167 e. The summed E-state index contributed by atoms with van der Waals surface area (Å²) in [6.45, 7) is 2.02. The Labute approximate surface area is 121 Å². The first-order chi connectivity index (χ1) is 9.90. The lowest BCUT2D eigenvalue weighted by molar-refractivity contribution is 0.893. The SMILES string of the molecule is CC=CCSc1ncnc2c1cnn2-c1ccccc1. The van der Waals surface area contributed by atoms with Crippen molar-refractivity contribution in [1.82, 2.24) is 19.7 Å². The molecule has 3 rings (SSSR count). The first-order valence-electron chi connectivity index (χ1n) is 6.38. The van der Waals surface area contributed by atoms with Gasteiger partial charge in [0.2, 0.25) is 0 Å². The van der Waals surface area contributed by atoms with E-state index < -0.39 is 0 Å². The van der Waals surface area contributed by atoms with Crippen LogP contribution >= 0.6 is 11.8 Å². The van der Waals surface area contributed by atoms with Crippen LogP contribution in [0.25, 0.3) is 16.7 Å². The van der Waals surface area contributed by atoms with Gasteiger partial charge in [0.15, 0.2) is 5.65 Å². The van der Waals surface area contributed by atoms with Crippen molar-refractivity contribution in [3.63, 3.8) is 0 Å². The monoisotopic (exact) mass is 282 g/mol. The highest BCUT2D eigenvalue weighted by Gasteiger charge is 2.10. The van der Waals surface area contributed by atoms with Gasteiger partial charge in [-0.05, 0) is 19.1 Å². The summed E-state index contributed by atoms with van der Waals surface area (Å²) in [5, 5.41) is 6.40. The molecule has 0 aliphatic rings. The van der Waals surface area contributed by atoms with E-state index >= 15 is 0 Å². The standard InChI is InChI=1S/C15H14N4S/c1-2-3-9-20-15-13-10-18-19(14(13)16-11-17-15)12-7-5-4-6-8-12/h2-8,10-11H,9H2,1H3. The van der Waals surface area contributed by atoms with Crippen molar-refractivity contribution in [3.05, 3.63) is 55.0 Å². The maximum absolute atomic E-state index is 4.44. The Bertz CT molecular complexity index is 734. The Morgan fingerprint density at radius 2 is 2.05 bits per heavy atom. The molecular weight excluding hydrogens is 268 g/mol. The molecule has 0 saturated heterocycles. The molecular formula is C15H14N4S. The van der Waals surface area contributed by atoms with Gasteiger partial charge in [0.25, 0.3) is 0 Å². The van der Waals surface area contributed by atoms with Crippen LogP contribution in [0.15, 0.2) is 60.0 Å². The lowest BCUT2D eigenvalue weighted by atomic mass is 10.3. The van der Waals surface area contributed by atoms with Crippen molar-refractivity contribution in [2.75, 3.05) is 5.75 Å². The summed E-state index contributed by atoms with van der Waals surface area (Å²) in [7, 11) is 0. The third-order valence-corrected chi connectivity index (χ3v) is 3.84. The average molecular weight is 282 g/mol. The molecule has 2 heterocycles. The van der Waals surface area contributed by atoms with Crippen LogP contribution in [0.3, 0.4) is 0 Å². The van der Waals surface area contributed by atoms with E-state index in [4.69, 9.17) is 0 Å². The van der Waals surface area contributed by atoms with Crippen molar-refractivity contribution < 1.29 is 0 Å². The Hall–Kier alpha value is -2.14. The van der Waals surface area contributed by atoms with E-state index in [9.17, 15) is 0 Å². The van der Waals surface area contributed by atoms with Gasteiger partial charge in [-0.3, -0.25) is 0 Å². The summed E-state index contributed by atoms with van der Waals surface area (Å²) in [6.07, 6.45) is 7.58. The third kappa shape index (κ3) is 2.44. The first kappa shape index (κ1) is 12.9. The number of aromatic nitrogens is 4. The summed E-state index contributed by atoms with van der Waals surface area (Å²) in [5.74, 6) is 0.902. The minimum absolute atomic E-state index is 0.842. The number of fused-ring (bicyclic) bond motifs is 1. The molecule has 0 amide bonds. The van der Waals surface area contributed by atoms with Gasteiger partial charge in [-0.15, -0.1) is 11.8 Å². The zero-order chi connectivity index (χ0) is 13.8. The summed E-state index contributed by atoms with van der Waals surface area (Å²) in [5.41, 5.74) is 1.85. The number of allylic oxidation sites excluding steroid dienone is 1. The van der Waals surface area contributed by atoms with E-state index in [0.717, 1.165) is 27.5 Å². The molecule has 20 heavy (non-hydrogen) atoms. The molecule has 0 fully saturated rings. The van der Waals surface area contributed by atoms with E-state index in [2.05, 4.69) is 21.1 Å². The highest BCUT2D eigenvalue weighted by molar-refractivity contribution is 7.99. The van der Waals surface area contributed by atoms with Crippen LogP contribution in [-0.4, -0.2) is 25.5 Å². The van der Waals surface area contributed by atoms with Crippen LogP contribution in [-0.2, 0) is 0 Å².